The number of fused-ring (bicyclic) bond motifs is 1. The molecule has 6 heteroatoms. The maximum atomic E-state index is 11.8. The number of thiazole rings is 1. The van der Waals surface area contributed by atoms with Crippen molar-refractivity contribution >= 4 is 17.4 Å². The number of amides is 2. The van der Waals surface area contributed by atoms with Gasteiger partial charge in [-0.1, -0.05) is 0 Å². The zero-order valence-corrected chi connectivity index (χ0v) is 13.0. The van der Waals surface area contributed by atoms with Crippen molar-refractivity contribution in [2.75, 3.05) is 20.2 Å². The molecule has 0 fully saturated rings. The van der Waals surface area contributed by atoms with Crippen LogP contribution in [0.1, 0.15) is 35.3 Å². The van der Waals surface area contributed by atoms with Crippen LogP contribution in [0.4, 0.5) is 4.79 Å². The van der Waals surface area contributed by atoms with Crippen molar-refractivity contribution in [1.82, 2.24) is 15.2 Å². The maximum Gasteiger partial charge on any atom is 0.317 e. The van der Waals surface area contributed by atoms with E-state index in [-0.39, 0.29) is 18.7 Å². The Hall–Kier alpha value is -1.14. The maximum absolute atomic E-state index is 11.8. The van der Waals surface area contributed by atoms with E-state index in [2.05, 4.69) is 10.3 Å². The van der Waals surface area contributed by atoms with E-state index in [4.69, 9.17) is 5.11 Å². The first-order valence-corrected chi connectivity index (χ1v) is 8.02. The minimum atomic E-state index is -0.165. The van der Waals surface area contributed by atoms with Gasteiger partial charge in [0, 0.05) is 24.9 Å². The van der Waals surface area contributed by atoms with Gasteiger partial charge >= 0.3 is 6.03 Å². The number of likely N-dealkylation sites (N-methyl/N-ethyl adjacent to an activating group) is 1. The molecule has 112 valence electrons. The van der Waals surface area contributed by atoms with E-state index < -0.39 is 0 Å². The van der Waals surface area contributed by atoms with Gasteiger partial charge in [-0.3, -0.25) is 0 Å². The number of carbonyl (C=O) groups is 1. The van der Waals surface area contributed by atoms with Crippen LogP contribution < -0.4 is 5.32 Å². The molecule has 1 heterocycles. The van der Waals surface area contributed by atoms with Crippen molar-refractivity contribution in [3.05, 3.63) is 15.6 Å². The molecule has 0 saturated heterocycles. The third kappa shape index (κ3) is 3.70. The van der Waals surface area contributed by atoms with Crippen LogP contribution in [0.2, 0.25) is 0 Å². The van der Waals surface area contributed by atoms with Crippen LogP contribution in [0.3, 0.4) is 0 Å². The molecular formula is C14H23N3O2S. The van der Waals surface area contributed by atoms with Gasteiger partial charge in [-0.2, -0.15) is 0 Å². The van der Waals surface area contributed by atoms with E-state index in [1.807, 2.05) is 6.92 Å². The number of aliphatic hydroxyl groups excluding tert-OH is 1. The fraction of sp³-hybridized carbons (Fsp3) is 0.714. The molecule has 1 aliphatic carbocycles. The third-order valence-corrected chi connectivity index (χ3v) is 4.97. The van der Waals surface area contributed by atoms with Gasteiger partial charge in [-0.15, -0.1) is 11.3 Å². The van der Waals surface area contributed by atoms with Gasteiger partial charge in [0.05, 0.1) is 23.4 Å². The molecule has 0 spiro atoms. The molecule has 1 aromatic heterocycles. The van der Waals surface area contributed by atoms with Crippen LogP contribution >= 0.6 is 11.3 Å². The molecule has 20 heavy (non-hydrogen) atoms. The highest BCUT2D eigenvalue weighted by Gasteiger charge is 2.16. The first-order valence-electron chi connectivity index (χ1n) is 7.20. The Bertz CT molecular complexity index is 438. The van der Waals surface area contributed by atoms with Gasteiger partial charge in [0.2, 0.25) is 0 Å². The number of aromatic nitrogens is 1. The molecule has 2 amide bonds. The van der Waals surface area contributed by atoms with Gasteiger partial charge in [-0.05, 0) is 32.6 Å². The fourth-order valence-corrected chi connectivity index (χ4v) is 3.39. The predicted molar refractivity (Wildman–Crippen MR) is 80.2 cm³/mol. The Labute approximate surface area is 124 Å². The lowest BCUT2D eigenvalue weighted by Crippen LogP contribution is -2.44. The number of aryl methyl sites for hydroxylation is 2. The normalized spacial score (nSPS) is 15.6. The third-order valence-electron chi connectivity index (χ3n) is 3.75. The van der Waals surface area contributed by atoms with Crippen molar-refractivity contribution < 1.29 is 9.90 Å². The Balaban J connectivity index is 1.78. The van der Waals surface area contributed by atoms with Crippen LogP contribution in [-0.4, -0.2) is 47.3 Å². The highest BCUT2D eigenvalue weighted by Crippen LogP contribution is 2.26. The molecule has 1 aromatic rings. The minimum Gasteiger partial charge on any atom is -0.394 e. The van der Waals surface area contributed by atoms with Crippen molar-refractivity contribution in [2.45, 2.75) is 45.1 Å². The van der Waals surface area contributed by atoms with Gasteiger partial charge in [0.15, 0.2) is 0 Å². The minimum absolute atomic E-state index is 0.0247. The topological polar surface area (TPSA) is 65.5 Å². The molecule has 1 unspecified atom stereocenters. The first kappa shape index (κ1) is 15.3. The largest absolute Gasteiger partial charge is 0.394 e. The van der Waals surface area contributed by atoms with Gasteiger partial charge in [0.25, 0.3) is 0 Å². The molecule has 0 aromatic carbocycles. The van der Waals surface area contributed by atoms with Gasteiger partial charge in [0.1, 0.15) is 0 Å². The number of nitrogens with zero attached hydrogens (tertiary/aromatic N) is 2. The average molecular weight is 297 g/mol. The van der Waals surface area contributed by atoms with Crippen molar-refractivity contribution in [3.8, 4) is 0 Å². The number of hydrogen-bond acceptors (Lipinski definition) is 4. The summed E-state index contributed by atoms with van der Waals surface area (Å²) in [6.45, 7) is 2.38. The van der Waals surface area contributed by atoms with Gasteiger partial charge in [-0.25, -0.2) is 9.78 Å². The molecule has 5 nitrogen and oxygen atoms in total. The smallest absolute Gasteiger partial charge is 0.317 e. The number of hydrogen-bond donors (Lipinski definition) is 2. The zero-order valence-electron chi connectivity index (χ0n) is 12.2. The Morgan fingerprint density at radius 2 is 2.25 bits per heavy atom. The highest BCUT2D eigenvalue weighted by atomic mass is 32.1. The van der Waals surface area contributed by atoms with Gasteiger partial charge < -0.3 is 15.3 Å². The van der Waals surface area contributed by atoms with Crippen LogP contribution in [0.25, 0.3) is 0 Å². The summed E-state index contributed by atoms with van der Waals surface area (Å²) in [6.07, 6.45) is 5.57. The van der Waals surface area contributed by atoms with Crippen molar-refractivity contribution in [2.24, 2.45) is 0 Å². The lowest BCUT2D eigenvalue weighted by atomic mass is 10.0. The number of nitrogens with one attached hydrogen (secondary N) is 1. The van der Waals surface area contributed by atoms with Crippen molar-refractivity contribution in [1.29, 1.82) is 0 Å². The van der Waals surface area contributed by atoms with Crippen LogP contribution in [0, 0.1) is 0 Å². The average Bonchev–Trinajstić information content (AvgIpc) is 2.88. The van der Waals surface area contributed by atoms with E-state index in [0.29, 0.717) is 6.54 Å². The summed E-state index contributed by atoms with van der Waals surface area (Å²) in [5.74, 6) is 0. The predicted octanol–water partition coefficient (Wildman–Crippen LogP) is 1.59. The Morgan fingerprint density at radius 1 is 1.50 bits per heavy atom. The van der Waals surface area contributed by atoms with Crippen molar-refractivity contribution in [3.63, 3.8) is 0 Å². The molecule has 0 aliphatic heterocycles. The van der Waals surface area contributed by atoms with Crippen LogP contribution in [0.5, 0.6) is 0 Å². The number of aliphatic hydroxyl groups is 1. The summed E-state index contributed by atoms with van der Waals surface area (Å²) < 4.78 is 0. The van der Waals surface area contributed by atoms with E-state index in [1.165, 1.54) is 28.3 Å². The molecule has 2 N–H and O–H groups in total. The molecular weight excluding hydrogens is 274 g/mol. The second-order valence-corrected chi connectivity index (χ2v) is 6.48. The van der Waals surface area contributed by atoms with E-state index in [1.54, 1.807) is 18.4 Å². The molecule has 0 bridgehead atoms. The second-order valence-electron chi connectivity index (χ2n) is 5.31. The lowest BCUT2D eigenvalue weighted by molar-refractivity contribution is 0.157. The van der Waals surface area contributed by atoms with Crippen LogP contribution in [0.15, 0.2) is 0 Å². The molecule has 1 atom stereocenters. The molecule has 1 aliphatic rings. The summed E-state index contributed by atoms with van der Waals surface area (Å²) in [7, 11) is 1.69. The molecule has 2 rings (SSSR count). The summed E-state index contributed by atoms with van der Waals surface area (Å²) in [5.41, 5.74) is 1.27. The molecule has 0 radical (unpaired) electrons. The number of rotatable bonds is 5. The fourth-order valence-electron chi connectivity index (χ4n) is 2.24. The Kier molecular flexibility index (Phi) is 5.37. The van der Waals surface area contributed by atoms with E-state index in [0.717, 1.165) is 24.3 Å². The van der Waals surface area contributed by atoms with E-state index >= 15 is 0 Å². The zero-order chi connectivity index (χ0) is 14.5. The summed E-state index contributed by atoms with van der Waals surface area (Å²) in [6, 6.07) is -0.310. The standard InChI is InChI=1S/C14H23N3O2S/c1-10(9-18)17(2)14(19)15-8-7-13-16-11-5-3-4-6-12(11)20-13/h10,18H,3-9H2,1-2H3,(H,15,19). The first-order chi connectivity index (χ1) is 9.61. The number of urea groups is 1. The number of carbonyl (C=O) groups excluding carboxylic acids is 1. The summed E-state index contributed by atoms with van der Waals surface area (Å²) in [4.78, 5) is 19.4. The second kappa shape index (κ2) is 7.04. The SMILES string of the molecule is CC(CO)N(C)C(=O)NCCc1nc2c(s1)CCCC2. The lowest BCUT2D eigenvalue weighted by Gasteiger charge is -2.23. The molecule has 0 saturated carbocycles. The summed E-state index contributed by atoms with van der Waals surface area (Å²) in [5, 5.41) is 13.0. The quantitative estimate of drug-likeness (QED) is 0.867. The van der Waals surface area contributed by atoms with E-state index in [9.17, 15) is 4.79 Å². The van der Waals surface area contributed by atoms with Crippen LogP contribution in [-0.2, 0) is 19.3 Å². The Morgan fingerprint density at radius 3 is 2.95 bits per heavy atom. The highest BCUT2D eigenvalue weighted by molar-refractivity contribution is 7.11. The summed E-state index contributed by atoms with van der Waals surface area (Å²) >= 11 is 1.79. The monoisotopic (exact) mass is 297 g/mol.